The molecule has 2 atom stereocenters. The maximum Gasteiger partial charge on any atom is 0.318 e. The molecule has 8 heteroatoms. The number of carboxylic acid groups (broad SMARTS) is 1. The van der Waals surface area contributed by atoms with E-state index in [1.54, 1.807) is 0 Å². The first-order chi connectivity index (χ1) is 8.97. The first kappa shape index (κ1) is 13.3. The van der Waals surface area contributed by atoms with Gasteiger partial charge in [0.05, 0.1) is 5.92 Å². The molecule has 2 unspecified atom stereocenters. The molecule has 0 aliphatic carbocycles. The smallest absolute Gasteiger partial charge is 0.318 e. The number of piperidine rings is 1. The highest BCUT2D eigenvalue weighted by Gasteiger charge is 2.34. The molecule has 0 bridgehead atoms. The molecule has 3 N–H and O–H groups in total. The molecule has 0 aromatic carbocycles. The van der Waals surface area contributed by atoms with Crippen molar-refractivity contribution in [1.82, 2.24) is 15.5 Å². The second kappa shape index (κ2) is 5.25. The van der Waals surface area contributed by atoms with E-state index in [4.69, 9.17) is 5.11 Å². The van der Waals surface area contributed by atoms with Gasteiger partial charge in [-0.05, 0) is 12.8 Å². The zero-order chi connectivity index (χ0) is 14.0. The van der Waals surface area contributed by atoms with Gasteiger partial charge < -0.3 is 15.3 Å². The first-order valence-corrected chi connectivity index (χ1v) is 6.09. The van der Waals surface area contributed by atoms with Crippen LogP contribution in [0.25, 0.3) is 0 Å². The lowest BCUT2D eigenvalue weighted by atomic mass is 10.1. The molecule has 0 aromatic rings. The van der Waals surface area contributed by atoms with Gasteiger partial charge >= 0.3 is 12.0 Å². The van der Waals surface area contributed by atoms with Crippen molar-refractivity contribution in [3.05, 3.63) is 0 Å². The summed E-state index contributed by atoms with van der Waals surface area (Å²) in [6, 6.07) is -1.19. The van der Waals surface area contributed by atoms with Crippen LogP contribution in [-0.2, 0) is 14.4 Å². The summed E-state index contributed by atoms with van der Waals surface area (Å²) in [5, 5.41) is 13.5. The van der Waals surface area contributed by atoms with Crippen LogP contribution in [0.5, 0.6) is 0 Å². The number of carbonyl (C=O) groups excluding carboxylic acids is 3. The van der Waals surface area contributed by atoms with E-state index in [1.165, 1.54) is 4.90 Å². The Morgan fingerprint density at radius 1 is 1.32 bits per heavy atom. The van der Waals surface area contributed by atoms with E-state index in [2.05, 4.69) is 10.6 Å². The molecular formula is C11H15N3O5. The molecule has 0 radical (unpaired) electrons. The molecule has 0 saturated carbocycles. The van der Waals surface area contributed by atoms with Gasteiger partial charge in [0.2, 0.25) is 11.8 Å². The third kappa shape index (κ3) is 3.01. The number of hydrogen-bond acceptors (Lipinski definition) is 4. The number of imide groups is 1. The Kier molecular flexibility index (Phi) is 3.68. The van der Waals surface area contributed by atoms with E-state index in [0.29, 0.717) is 13.0 Å². The molecule has 19 heavy (non-hydrogen) atoms. The predicted molar refractivity (Wildman–Crippen MR) is 62.0 cm³/mol. The van der Waals surface area contributed by atoms with E-state index >= 15 is 0 Å². The molecule has 2 aliphatic heterocycles. The number of nitrogens with zero attached hydrogens (tertiary/aromatic N) is 1. The normalized spacial score (nSPS) is 27.1. The number of likely N-dealkylation sites (tertiary alicyclic amines) is 1. The van der Waals surface area contributed by atoms with E-state index in [0.717, 1.165) is 0 Å². The summed E-state index contributed by atoms with van der Waals surface area (Å²) in [6.07, 6.45) is 0.874. The predicted octanol–water partition coefficient (Wildman–Crippen LogP) is -1.09. The summed E-state index contributed by atoms with van der Waals surface area (Å²) >= 11 is 0. The largest absolute Gasteiger partial charge is 0.481 e. The van der Waals surface area contributed by atoms with Crippen LogP contribution in [0.3, 0.4) is 0 Å². The SMILES string of the molecule is O=C1CCC(NC(=O)N2CCC(C(=O)O)C2)C(=O)N1. The molecule has 2 heterocycles. The van der Waals surface area contributed by atoms with Crippen LogP contribution in [0.2, 0.25) is 0 Å². The first-order valence-electron chi connectivity index (χ1n) is 6.09. The van der Waals surface area contributed by atoms with Crippen molar-refractivity contribution in [1.29, 1.82) is 0 Å². The minimum Gasteiger partial charge on any atom is -0.481 e. The van der Waals surface area contributed by atoms with Crippen LogP contribution < -0.4 is 10.6 Å². The van der Waals surface area contributed by atoms with Gasteiger partial charge in [-0.25, -0.2) is 4.79 Å². The molecule has 4 amide bonds. The van der Waals surface area contributed by atoms with Gasteiger partial charge in [-0.2, -0.15) is 0 Å². The van der Waals surface area contributed by atoms with Crippen LogP contribution in [0.15, 0.2) is 0 Å². The molecule has 104 valence electrons. The van der Waals surface area contributed by atoms with Crippen molar-refractivity contribution in [2.24, 2.45) is 5.92 Å². The lowest BCUT2D eigenvalue weighted by Crippen LogP contribution is -2.54. The van der Waals surface area contributed by atoms with Crippen LogP contribution in [0.1, 0.15) is 19.3 Å². The summed E-state index contributed by atoms with van der Waals surface area (Å²) in [7, 11) is 0. The average molecular weight is 269 g/mol. The van der Waals surface area contributed by atoms with E-state index in [1.807, 2.05) is 0 Å². The average Bonchev–Trinajstić information content (AvgIpc) is 2.82. The maximum absolute atomic E-state index is 11.9. The van der Waals surface area contributed by atoms with Gasteiger partial charge in [-0.3, -0.25) is 19.7 Å². The van der Waals surface area contributed by atoms with Gasteiger partial charge in [0.25, 0.3) is 0 Å². The number of carbonyl (C=O) groups is 4. The number of aliphatic carboxylic acids is 1. The van der Waals surface area contributed by atoms with Crippen LogP contribution in [0.4, 0.5) is 4.79 Å². The maximum atomic E-state index is 11.9. The van der Waals surface area contributed by atoms with E-state index in [9.17, 15) is 19.2 Å². The monoisotopic (exact) mass is 269 g/mol. The highest BCUT2D eigenvalue weighted by Crippen LogP contribution is 2.16. The van der Waals surface area contributed by atoms with Gasteiger partial charge in [-0.15, -0.1) is 0 Å². The minimum atomic E-state index is -0.920. The Labute approximate surface area is 109 Å². The van der Waals surface area contributed by atoms with Crippen LogP contribution in [-0.4, -0.2) is 53.0 Å². The van der Waals surface area contributed by atoms with Crippen molar-refractivity contribution in [2.75, 3.05) is 13.1 Å². The van der Waals surface area contributed by atoms with Gasteiger partial charge in [0.15, 0.2) is 0 Å². The molecular weight excluding hydrogens is 254 g/mol. The Morgan fingerprint density at radius 2 is 2.05 bits per heavy atom. The highest BCUT2D eigenvalue weighted by molar-refractivity contribution is 6.01. The third-order valence-corrected chi connectivity index (χ3v) is 3.36. The van der Waals surface area contributed by atoms with Crippen molar-refractivity contribution >= 4 is 23.8 Å². The number of rotatable bonds is 2. The Bertz CT molecular complexity index is 436. The standard InChI is InChI=1S/C11H15N3O5/c15-8-2-1-7(9(16)13-8)12-11(19)14-4-3-6(5-14)10(17)18/h6-7H,1-5H2,(H,12,19)(H,17,18)(H,13,15,16). The van der Waals surface area contributed by atoms with Gasteiger partial charge in [0, 0.05) is 19.5 Å². The van der Waals surface area contributed by atoms with E-state index < -0.39 is 29.9 Å². The number of amides is 4. The van der Waals surface area contributed by atoms with Crippen LogP contribution >= 0.6 is 0 Å². The summed E-state index contributed by atoms with van der Waals surface area (Å²) in [6.45, 7) is 0.504. The van der Waals surface area contributed by atoms with Crippen LogP contribution in [0, 0.1) is 5.92 Å². The molecule has 2 saturated heterocycles. The van der Waals surface area contributed by atoms with Crippen molar-refractivity contribution in [3.8, 4) is 0 Å². The topological polar surface area (TPSA) is 116 Å². The Balaban J connectivity index is 1.86. The minimum absolute atomic E-state index is 0.147. The Hall–Kier alpha value is -2.12. The fraction of sp³-hybridized carbons (Fsp3) is 0.636. The third-order valence-electron chi connectivity index (χ3n) is 3.36. The van der Waals surface area contributed by atoms with Crippen molar-refractivity contribution in [2.45, 2.75) is 25.3 Å². The quantitative estimate of drug-likeness (QED) is 0.551. The number of urea groups is 1. The molecule has 2 rings (SSSR count). The Morgan fingerprint density at radius 3 is 2.63 bits per heavy atom. The second-order valence-corrected chi connectivity index (χ2v) is 4.72. The summed E-state index contributed by atoms with van der Waals surface area (Å²) in [5.41, 5.74) is 0. The summed E-state index contributed by atoms with van der Waals surface area (Å²) in [4.78, 5) is 46.5. The second-order valence-electron chi connectivity index (χ2n) is 4.72. The molecule has 0 spiro atoms. The molecule has 8 nitrogen and oxygen atoms in total. The lowest BCUT2D eigenvalue weighted by Gasteiger charge is -2.25. The zero-order valence-electron chi connectivity index (χ0n) is 10.2. The highest BCUT2D eigenvalue weighted by atomic mass is 16.4. The molecule has 2 fully saturated rings. The number of carboxylic acids is 1. The van der Waals surface area contributed by atoms with Crippen molar-refractivity contribution < 1.29 is 24.3 Å². The number of nitrogens with one attached hydrogen (secondary N) is 2. The van der Waals surface area contributed by atoms with Gasteiger partial charge in [0.1, 0.15) is 6.04 Å². The molecule has 0 aromatic heterocycles. The summed E-state index contributed by atoms with van der Waals surface area (Å²) < 4.78 is 0. The fourth-order valence-corrected chi connectivity index (χ4v) is 2.22. The fourth-order valence-electron chi connectivity index (χ4n) is 2.22. The molecule has 2 aliphatic rings. The van der Waals surface area contributed by atoms with E-state index in [-0.39, 0.29) is 25.3 Å². The zero-order valence-corrected chi connectivity index (χ0v) is 10.2. The number of hydrogen-bond donors (Lipinski definition) is 3. The lowest BCUT2D eigenvalue weighted by molar-refractivity contribution is -0.141. The van der Waals surface area contributed by atoms with Crippen molar-refractivity contribution in [3.63, 3.8) is 0 Å². The van der Waals surface area contributed by atoms with Gasteiger partial charge in [-0.1, -0.05) is 0 Å². The summed E-state index contributed by atoms with van der Waals surface area (Å²) in [5.74, 6) is -2.33.